The van der Waals surface area contributed by atoms with Crippen molar-refractivity contribution in [2.45, 2.75) is 26.5 Å². The summed E-state index contributed by atoms with van der Waals surface area (Å²) in [5.74, 6) is 0.287. The fourth-order valence-corrected chi connectivity index (χ4v) is 8.56. The van der Waals surface area contributed by atoms with E-state index < -0.39 is 12.0 Å². The Bertz CT molecular complexity index is 1810. The van der Waals surface area contributed by atoms with E-state index >= 15 is 0 Å². The molecule has 2 aromatic carbocycles. The van der Waals surface area contributed by atoms with Gasteiger partial charge in [-0.3, -0.25) is 9.36 Å². The van der Waals surface area contributed by atoms with E-state index in [0.717, 1.165) is 28.9 Å². The third kappa shape index (κ3) is 6.07. The predicted molar refractivity (Wildman–Crippen MR) is 177 cm³/mol. The van der Waals surface area contributed by atoms with Gasteiger partial charge >= 0.3 is 5.97 Å². The zero-order valence-corrected chi connectivity index (χ0v) is 28.5. The first kappa shape index (κ1) is 29.8. The first-order chi connectivity index (χ1) is 19.2. The Balaban J connectivity index is 1.51. The van der Waals surface area contributed by atoms with Crippen LogP contribution in [0.25, 0.3) is 6.08 Å². The Morgan fingerprint density at radius 2 is 1.90 bits per heavy atom. The number of carbonyl (C=O) groups excluding carboxylic acids is 1. The van der Waals surface area contributed by atoms with Gasteiger partial charge in [-0.2, -0.15) is 0 Å². The van der Waals surface area contributed by atoms with Crippen molar-refractivity contribution in [2.24, 2.45) is 4.99 Å². The second-order valence-electron chi connectivity index (χ2n) is 8.67. The largest absolute Gasteiger partial charge is 0.487 e. The molecule has 0 bridgehead atoms. The summed E-state index contributed by atoms with van der Waals surface area (Å²) < 4.78 is 15.4. The Morgan fingerprint density at radius 3 is 2.55 bits per heavy atom. The van der Waals surface area contributed by atoms with Crippen LogP contribution in [0.4, 0.5) is 0 Å². The number of thiazole rings is 1. The molecule has 0 N–H and O–H groups in total. The van der Waals surface area contributed by atoms with Crippen LogP contribution >= 0.6 is 91.1 Å². The normalized spacial score (nSPS) is 15.2. The van der Waals surface area contributed by atoms with E-state index in [2.05, 4.69) is 50.2 Å². The van der Waals surface area contributed by atoms with Crippen LogP contribution in [0, 0.1) is 7.14 Å². The highest BCUT2D eigenvalue weighted by atomic mass is 127. The van der Waals surface area contributed by atoms with E-state index in [1.165, 1.54) is 22.7 Å². The van der Waals surface area contributed by atoms with Gasteiger partial charge in [-0.05, 0) is 112 Å². The number of aromatic nitrogens is 1. The molecule has 0 aliphatic carbocycles. The number of carbonyl (C=O) groups is 1. The summed E-state index contributed by atoms with van der Waals surface area (Å²) in [5.41, 5.74) is 2.49. The molecule has 6 nitrogen and oxygen atoms in total. The highest BCUT2D eigenvalue weighted by Crippen LogP contribution is 2.34. The molecule has 3 heterocycles. The zero-order valence-electron chi connectivity index (χ0n) is 21.0. The van der Waals surface area contributed by atoms with Crippen molar-refractivity contribution in [3.8, 4) is 5.75 Å². The summed E-state index contributed by atoms with van der Waals surface area (Å²) >= 11 is 19.4. The number of hydrogen-bond donors (Lipinski definition) is 0. The average Bonchev–Trinajstić information content (AvgIpc) is 3.53. The molecular weight excluding hydrogens is 817 g/mol. The minimum atomic E-state index is -0.588. The molecule has 0 saturated heterocycles. The van der Waals surface area contributed by atoms with Gasteiger partial charge in [0.2, 0.25) is 0 Å². The highest BCUT2D eigenvalue weighted by molar-refractivity contribution is 14.1. The summed E-state index contributed by atoms with van der Waals surface area (Å²) in [4.78, 5) is 32.8. The minimum Gasteiger partial charge on any atom is -0.487 e. The van der Waals surface area contributed by atoms with Crippen LogP contribution in [0.2, 0.25) is 10.0 Å². The summed E-state index contributed by atoms with van der Waals surface area (Å²) in [7, 11) is 0. The molecule has 2 aromatic heterocycles. The van der Waals surface area contributed by atoms with Crippen LogP contribution in [-0.4, -0.2) is 17.1 Å². The zero-order chi connectivity index (χ0) is 28.6. The first-order valence-electron chi connectivity index (χ1n) is 12.0. The molecule has 0 saturated carbocycles. The Morgan fingerprint density at radius 1 is 1.15 bits per heavy atom. The van der Waals surface area contributed by atoms with Crippen molar-refractivity contribution in [1.82, 2.24) is 4.57 Å². The lowest BCUT2D eigenvalue weighted by Crippen LogP contribution is -2.39. The molecular formula is C28H20Cl2I2N2O4S2. The van der Waals surface area contributed by atoms with Crippen LogP contribution in [-0.2, 0) is 16.1 Å². The van der Waals surface area contributed by atoms with Crippen molar-refractivity contribution < 1.29 is 14.3 Å². The number of halogens is 4. The fourth-order valence-electron chi connectivity index (χ4n) is 4.24. The quantitative estimate of drug-likeness (QED) is 0.149. The molecule has 206 valence electrons. The SMILES string of the molecule is CCOC(=O)C1=C(C)N=c2sc(=Cc3cc(I)c(OCc4ccc(Cl)c(Cl)c4)c(I)c3)c(=O)n2C1c1cccs1. The smallest absolute Gasteiger partial charge is 0.338 e. The van der Waals surface area contributed by atoms with E-state index in [1.807, 2.05) is 41.8 Å². The monoisotopic (exact) mass is 836 g/mol. The number of ether oxygens (including phenoxy) is 2. The molecule has 12 heteroatoms. The molecule has 1 aliphatic heterocycles. The van der Waals surface area contributed by atoms with E-state index in [4.69, 9.17) is 32.7 Å². The number of allylic oxidation sites excluding steroid dienone is 1. The van der Waals surface area contributed by atoms with E-state index in [1.54, 1.807) is 30.5 Å². The van der Waals surface area contributed by atoms with Crippen molar-refractivity contribution in [2.75, 3.05) is 6.61 Å². The molecule has 40 heavy (non-hydrogen) atoms. The van der Waals surface area contributed by atoms with Gasteiger partial charge < -0.3 is 9.47 Å². The highest BCUT2D eigenvalue weighted by Gasteiger charge is 2.33. The molecule has 1 unspecified atom stereocenters. The number of fused-ring (bicyclic) bond motifs is 1. The molecule has 1 atom stereocenters. The summed E-state index contributed by atoms with van der Waals surface area (Å²) in [5, 5.41) is 2.91. The van der Waals surface area contributed by atoms with Gasteiger partial charge in [-0.15, -0.1) is 11.3 Å². The lowest BCUT2D eigenvalue weighted by Gasteiger charge is -2.23. The lowest BCUT2D eigenvalue weighted by atomic mass is 10.0. The van der Waals surface area contributed by atoms with Crippen LogP contribution in [0.15, 0.2) is 68.9 Å². The summed E-state index contributed by atoms with van der Waals surface area (Å²) in [6.07, 6.45) is 1.85. The van der Waals surface area contributed by atoms with Crippen molar-refractivity contribution in [1.29, 1.82) is 0 Å². The van der Waals surface area contributed by atoms with Gasteiger partial charge in [-0.25, -0.2) is 9.79 Å². The number of benzene rings is 2. The molecule has 0 spiro atoms. The Hall–Kier alpha value is -1.71. The van der Waals surface area contributed by atoms with Crippen LogP contribution in [0.1, 0.15) is 35.9 Å². The van der Waals surface area contributed by atoms with Gasteiger partial charge in [0, 0.05) is 4.88 Å². The number of hydrogen-bond acceptors (Lipinski definition) is 7. The van der Waals surface area contributed by atoms with Crippen molar-refractivity contribution in [3.05, 3.63) is 112 Å². The number of rotatable bonds is 7. The third-order valence-electron chi connectivity index (χ3n) is 6.02. The van der Waals surface area contributed by atoms with Crippen LogP contribution < -0.4 is 19.6 Å². The molecule has 0 amide bonds. The molecule has 1 aliphatic rings. The van der Waals surface area contributed by atoms with Gasteiger partial charge in [0.05, 0.1) is 39.6 Å². The van der Waals surface area contributed by atoms with Gasteiger partial charge in [-0.1, -0.05) is 46.7 Å². The number of esters is 1. The standard InChI is InChI=1S/C28H20Cl2I2N2O4S2/c1-3-37-27(36)23-14(2)33-28-34(24(23)21-5-4-8-39-21)26(35)22(40-28)12-16-10-19(31)25(20(32)11-16)38-13-15-6-7-17(29)18(30)9-15/h4-12,24H,3,13H2,1-2H3. The van der Waals surface area contributed by atoms with Gasteiger partial charge in [0.15, 0.2) is 4.80 Å². The Labute approximate surface area is 275 Å². The first-order valence-corrected chi connectivity index (χ1v) is 16.6. The number of nitrogens with zero attached hydrogens (tertiary/aromatic N) is 2. The van der Waals surface area contributed by atoms with Gasteiger partial charge in [0.25, 0.3) is 5.56 Å². The minimum absolute atomic E-state index is 0.207. The maximum Gasteiger partial charge on any atom is 0.338 e. The van der Waals surface area contributed by atoms with E-state index in [9.17, 15) is 9.59 Å². The second-order valence-corrected chi connectivity index (χ2v) is 13.8. The fraction of sp³-hybridized carbons (Fsp3) is 0.179. The van der Waals surface area contributed by atoms with E-state index in [0.29, 0.717) is 37.3 Å². The molecule has 5 rings (SSSR count). The van der Waals surface area contributed by atoms with Crippen molar-refractivity contribution >= 4 is 103 Å². The molecule has 0 radical (unpaired) electrons. The lowest BCUT2D eigenvalue weighted by molar-refractivity contribution is -0.139. The van der Waals surface area contributed by atoms with Crippen LogP contribution in [0.3, 0.4) is 0 Å². The van der Waals surface area contributed by atoms with E-state index in [-0.39, 0.29) is 12.2 Å². The van der Waals surface area contributed by atoms with Gasteiger partial charge in [0.1, 0.15) is 18.4 Å². The summed E-state index contributed by atoms with van der Waals surface area (Å²) in [6.45, 7) is 4.12. The van der Waals surface area contributed by atoms with Crippen molar-refractivity contribution in [3.63, 3.8) is 0 Å². The number of thiophene rings is 1. The van der Waals surface area contributed by atoms with Crippen LogP contribution in [0.5, 0.6) is 5.75 Å². The second kappa shape index (κ2) is 12.7. The third-order valence-corrected chi connectivity index (χ3v) is 10.3. The molecule has 4 aromatic rings. The molecule has 0 fully saturated rings. The summed E-state index contributed by atoms with van der Waals surface area (Å²) in [6, 6.07) is 12.6. The topological polar surface area (TPSA) is 69.9 Å². The average molecular weight is 837 g/mol. The maximum absolute atomic E-state index is 13.8. The maximum atomic E-state index is 13.8. The predicted octanol–water partition coefficient (Wildman–Crippen LogP) is 6.95. The Kier molecular flexibility index (Phi) is 9.42.